The molecule has 1 aromatic rings. The minimum absolute atomic E-state index is 0.0764. The summed E-state index contributed by atoms with van der Waals surface area (Å²) in [6.45, 7) is 5.10. The van der Waals surface area contributed by atoms with Crippen molar-refractivity contribution in [1.82, 2.24) is 5.32 Å². The summed E-state index contributed by atoms with van der Waals surface area (Å²) in [5, 5.41) is 6.28. The Kier molecular flexibility index (Phi) is 4.20. The maximum Gasteiger partial charge on any atom is 0.221 e. The molecule has 4 nitrogen and oxygen atoms in total. The van der Waals surface area contributed by atoms with Gasteiger partial charge < -0.3 is 15.4 Å². The predicted octanol–water partition coefficient (Wildman–Crippen LogP) is 2.47. The lowest BCUT2D eigenvalue weighted by atomic mass is 10.0. The molecular formula is C14H20N2O2. The van der Waals surface area contributed by atoms with Crippen LogP contribution in [0.4, 0.5) is 5.69 Å². The fourth-order valence-corrected chi connectivity index (χ4v) is 2.30. The summed E-state index contributed by atoms with van der Waals surface area (Å²) < 4.78 is 5.52. The Balaban J connectivity index is 2.25. The SMILES string of the molecule is CCOc1ccc(C2CCCN2)cc1NC(C)=O. The zero-order valence-corrected chi connectivity index (χ0v) is 11.0. The molecule has 0 radical (unpaired) electrons. The summed E-state index contributed by atoms with van der Waals surface area (Å²) in [4.78, 5) is 11.2. The van der Waals surface area contributed by atoms with Crippen molar-refractivity contribution in [2.45, 2.75) is 32.7 Å². The first kappa shape index (κ1) is 12.9. The number of hydrogen-bond donors (Lipinski definition) is 2. The highest BCUT2D eigenvalue weighted by Crippen LogP contribution is 2.31. The Morgan fingerprint density at radius 2 is 2.39 bits per heavy atom. The van der Waals surface area contributed by atoms with Gasteiger partial charge in [-0.25, -0.2) is 0 Å². The molecule has 0 spiro atoms. The van der Waals surface area contributed by atoms with Crippen molar-refractivity contribution in [1.29, 1.82) is 0 Å². The van der Waals surface area contributed by atoms with Gasteiger partial charge in [0.1, 0.15) is 5.75 Å². The van der Waals surface area contributed by atoms with E-state index in [-0.39, 0.29) is 5.91 Å². The summed E-state index contributed by atoms with van der Waals surface area (Å²) in [5.74, 6) is 0.655. The van der Waals surface area contributed by atoms with Crippen LogP contribution in [0.5, 0.6) is 5.75 Å². The fourth-order valence-electron chi connectivity index (χ4n) is 2.30. The summed E-state index contributed by atoms with van der Waals surface area (Å²) in [6.07, 6.45) is 2.35. The lowest BCUT2D eigenvalue weighted by molar-refractivity contribution is -0.114. The number of carbonyl (C=O) groups excluding carboxylic acids is 1. The predicted molar refractivity (Wildman–Crippen MR) is 71.9 cm³/mol. The van der Waals surface area contributed by atoms with Crippen molar-refractivity contribution in [3.05, 3.63) is 23.8 Å². The summed E-state index contributed by atoms with van der Waals surface area (Å²) in [5.41, 5.74) is 1.97. The highest BCUT2D eigenvalue weighted by atomic mass is 16.5. The van der Waals surface area contributed by atoms with Crippen LogP contribution in [-0.4, -0.2) is 19.1 Å². The summed E-state index contributed by atoms with van der Waals surface area (Å²) in [6, 6.07) is 6.41. The molecule has 1 heterocycles. The number of anilines is 1. The van der Waals surface area contributed by atoms with Crippen molar-refractivity contribution >= 4 is 11.6 Å². The van der Waals surface area contributed by atoms with Gasteiger partial charge in [-0.3, -0.25) is 4.79 Å². The third-order valence-electron chi connectivity index (χ3n) is 3.08. The molecule has 1 atom stereocenters. The standard InChI is InChI=1S/C14H20N2O2/c1-3-18-14-7-6-11(12-5-4-8-15-12)9-13(14)16-10(2)17/h6-7,9,12,15H,3-5,8H2,1-2H3,(H,16,17). The minimum atomic E-state index is -0.0764. The third-order valence-corrected chi connectivity index (χ3v) is 3.08. The number of nitrogens with one attached hydrogen (secondary N) is 2. The first-order valence-corrected chi connectivity index (χ1v) is 6.48. The van der Waals surface area contributed by atoms with Gasteiger partial charge in [-0.2, -0.15) is 0 Å². The Bertz CT molecular complexity index is 426. The van der Waals surface area contributed by atoms with E-state index in [1.807, 2.05) is 19.1 Å². The smallest absolute Gasteiger partial charge is 0.221 e. The molecule has 98 valence electrons. The molecule has 1 aliphatic heterocycles. The minimum Gasteiger partial charge on any atom is -0.492 e. The number of rotatable bonds is 4. The summed E-state index contributed by atoms with van der Waals surface area (Å²) in [7, 11) is 0. The van der Waals surface area contributed by atoms with Crippen molar-refractivity contribution in [2.75, 3.05) is 18.5 Å². The van der Waals surface area contributed by atoms with E-state index in [0.29, 0.717) is 12.6 Å². The number of hydrogen-bond acceptors (Lipinski definition) is 3. The van der Waals surface area contributed by atoms with Crippen LogP contribution >= 0.6 is 0 Å². The van der Waals surface area contributed by atoms with Crippen molar-refractivity contribution in [2.24, 2.45) is 0 Å². The first-order valence-electron chi connectivity index (χ1n) is 6.48. The van der Waals surface area contributed by atoms with E-state index in [2.05, 4.69) is 16.7 Å². The van der Waals surface area contributed by atoms with Crippen molar-refractivity contribution in [3.63, 3.8) is 0 Å². The molecule has 1 amide bonds. The Morgan fingerprint density at radius 1 is 1.56 bits per heavy atom. The van der Waals surface area contributed by atoms with Gasteiger partial charge in [0.2, 0.25) is 5.91 Å². The third kappa shape index (κ3) is 3.01. The van der Waals surface area contributed by atoms with Gasteiger partial charge in [-0.1, -0.05) is 6.07 Å². The van der Waals surface area contributed by atoms with Gasteiger partial charge in [0, 0.05) is 13.0 Å². The number of benzene rings is 1. The molecule has 2 N–H and O–H groups in total. The van der Waals surface area contributed by atoms with Gasteiger partial charge in [0.05, 0.1) is 12.3 Å². The van der Waals surface area contributed by atoms with Crippen LogP contribution in [0.2, 0.25) is 0 Å². The second-order valence-corrected chi connectivity index (χ2v) is 4.52. The summed E-state index contributed by atoms with van der Waals surface area (Å²) >= 11 is 0. The quantitative estimate of drug-likeness (QED) is 0.860. The van der Waals surface area contributed by atoms with Crippen LogP contribution in [0, 0.1) is 0 Å². The second kappa shape index (κ2) is 5.87. The van der Waals surface area contributed by atoms with Gasteiger partial charge in [0.25, 0.3) is 0 Å². The molecule has 18 heavy (non-hydrogen) atoms. The van der Waals surface area contributed by atoms with E-state index in [1.165, 1.54) is 18.9 Å². The highest BCUT2D eigenvalue weighted by molar-refractivity contribution is 5.90. The van der Waals surface area contributed by atoms with E-state index >= 15 is 0 Å². The first-order chi connectivity index (χ1) is 8.70. The molecule has 0 aliphatic carbocycles. The van der Waals surface area contributed by atoms with Crippen LogP contribution in [0.1, 0.15) is 38.3 Å². The number of ether oxygens (including phenoxy) is 1. The van der Waals surface area contributed by atoms with Crippen LogP contribution < -0.4 is 15.4 Å². The van der Waals surface area contributed by atoms with Gasteiger partial charge in [-0.15, -0.1) is 0 Å². The van der Waals surface area contributed by atoms with Crippen LogP contribution in [-0.2, 0) is 4.79 Å². The van der Waals surface area contributed by atoms with E-state index in [0.717, 1.165) is 24.4 Å². The zero-order chi connectivity index (χ0) is 13.0. The van der Waals surface area contributed by atoms with Crippen molar-refractivity contribution < 1.29 is 9.53 Å². The lowest BCUT2D eigenvalue weighted by Crippen LogP contribution is -2.14. The largest absolute Gasteiger partial charge is 0.492 e. The molecule has 4 heteroatoms. The van der Waals surface area contributed by atoms with E-state index in [9.17, 15) is 4.79 Å². The molecule has 2 rings (SSSR count). The average molecular weight is 248 g/mol. The molecular weight excluding hydrogens is 228 g/mol. The van der Waals surface area contributed by atoms with E-state index < -0.39 is 0 Å². The molecule has 0 saturated carbocycles. The number of carbonyl (C=O) groups is 1. The van der Waals surface area contributed by atoms with Gasteiger partial charge in [-0.05, 0) is 44.0 Å². The topological polar surface area (TPSA) is 50.4 Å². The monoisotopic (exact) mass is 248 g/mol. The Morgan fingerprint density at radius 3 is 3.00 bits per heavy atom. The van der Waals surface area contributed by atoms with E-state index in [1.54, 1.807) is 0 Å². The second-order valence-electron chi connectivity index (χ2n) is 4.52. The van der Waals surface area contributed by atoms with Crippen LogP contribution in [0.3, 0.4) is 0 Å². The molecule has 1 fully saturated rings. The molecule has 1 aromatic carbocycles. The van der Waals surface area contributed by atoms with Gasteiger partial charge >= 0.3 is 0 Å². The normalized spacial score (nSPS) is 18.7. The Labute approximate surface area is 108 Å². The molecule has 1 unspecified atom stereocenters. The molecule has 0 aromatic heterocycles. The van der Waals surface area contributed by atoms with Crippen LogP contribution in [0.15, 0.2) is 18.2 Å². The lowest BCUT2D eigenvalue weighted by Gasteiger charge is -2.15. The Hall–Kier alpha value is -1.55. The van der Waals surface area contributed by atoms with Gasteiger partial charge in [0.15, 0.2) is 0 Å². The molecule has 1 saturated heterocycles. The fraction of sp³-hybridized carbons (Fsp3) is 0.500. The highest BCUT2D eigenvalue weighted by Gasteiger charge is 2.17. The molecule has 0 bridgehead atoms. The van der Waals surface area contributed by atoms with Crippen molar-refractivity contribution in [3.8, 4) is 5.75 Å². The maximum atomic E-state index is 11.2. The number of amides is 1. The average Bonchev–Trinajstić information content (AvgIpc) is 2.84. The zero-order valence-electron chi connectivity index (χ0n) is 11.0. The molecule has 1 aliphatic rings. The van der Waals surface area contributed by atoms with E-state index in [4.69, 9.17) is 4.74 Å². The van der Waals surface area contributed by atoms with Crippen LogP contribution in [0.25, 0.3) is 0 Å². The maximum absolute atomic E-state index is 11.2.